The molecule has 0 aliphatic heterocycles. The summed E-state index contributed by atoms with van der Waals surface area (Å²) in [5.74, 6) is 1.31. The Balaban J connectivity index is 2.00. The van der Waals surface area contributed by atoms with Crippen LogP contribution in [-0.4, -0.2) is 14.5 Å². The average Bonchev–Trinajstić information content (AvgIpc) is 2.77. The minimum Gasteiger partial charge on any atom is -0.508 e. The Labute approximate surface area is 105 Å². The van der Waals surface area contributed by atoms with E-state index in [9.17, 15) is 5.11 Å². The summed E-state index contributed by atoms with van der Waals surface area (Å²) in [6, 6.07) is 11.4. The van der Waals surface area contributed by atoms with Crippen LogP contribution < -0.4 is 0 Å². The molecule has 0 aliphatic rings. The second-order valence-electron chi connectivity index (χ2n) is 4.46. The van der Waals surface area contributed by atoms with E-state index >= 15 is 0 Å². The van der Waals surface area contributed by atoms with Crippen LogP contribution in [0.25, 0.3) is 5.52 Å². The molecule has 3 nitrogen and oxygen atoms in total. The predicted molar refractivity (Wildman–Crippen MR) is 70.8 cm³/mol. The Hall–Kier alpha value is -2.29. The summed E-state index contributed by atoms with van der Waals surface area (Å²) >= 11 is 0. The van der Waals surface area contributed by atoms with E-state index in [1.54, 1.807) is 12.1 Å². The molecule has 3 heteroatoms. The molecule has 0 unspecified atom stereocenters. The maximum Gasteiger partial charge on any atom is 0.117 e. The van der Waals surface area contributed by atoms with Crippen molar-refractivity contribution in [3.63, 3.8) is 0 Å². The maximum atomic E-state index is 9.27. The second-order valence-corrected chi connectivity index (χ2v) is 4.46. The zero-order valence-corrected chi connectivity index (χ0v) is 10.2. The Kier molecular flexibility index (Phi) is 2.52. The van der Waals surface area contributed by atoms with Crippen LogP contribution in [0.5, 0.6) is 5.75 Å². The average molecular weight is 238 g/mol. The van der Waals surface area contributed by atoms with Gasteiger partial charge in [-0.15, -0.1) is 0 Å². The number of aromatic hydroxyl groups is 1. The largest absolute Gasteiger partial charge is 0.508 e. The molecule has 0 bridgehead atoms. The van der Waals surface area contributed by atoms with E-state index in [-0.39, 0.29) is 0 Å². The van der Waals surface area contributed by atoms with E-state index < -0.39 is 0 Å². The van der Waals surface area contributed by atoms with Crippen molar-refractivity contribution in [1.82, 2.24) is 9.38 Å². The number of hydrogen-bond acceptors (Lipinski definition) is 2. The van der Waals surface area contributed by atoms with Crippen molar-refractivity contribution >= 4 is 5.52 Å². The van der Waals surface area contributed by atoms with E-state index in [1.807, 2.05) is 30.6 Å². The Bertz CT molecular complexity index is 683. The number of phenolic OH excluding ortho intramolecular Hbond substituents is 1. The number of benzene rings is 1. The van der Waals surface area contributed by atoms with Gasteiger partial charge in [-0.2, -0.15) is 0 Å². The Morgan fingerprint density at radius 2 is 1.94 bits per heavy atom. The summed E-state index contributed by atoms with van der Waals surface area (Å²) in [5, 5.41) is 9.27. The quantitative estimate of drug-likeness (QED) is 0.745. The van der Waals surface area contributed by atoms with Gasteiger partial charge in [0, 0.05) is 12.6 Å². The molecule has 18 heavy (non-hydrogen) atoms. The van der Waals surface area contributed by atoms with Gasteiger partial charge < -0.3 is 9.51 Å². The highest BCUT2D eigenvalue weighted by Crippen LogP contribution is 2.16. The molecule has 0 radical (unpaired) electrons. The molecule has 0 fully saturated rings. The highest BCUT2D eigenvalue weighted by molar-refractivity contribution is 5.53. The molecule has 3 rings (SSSR count). The number of pyridine rings is 1. The normalized spacial score (nSPS) is 10.9. The monoisotopic (exact) mass is 238 g/mol. The van der Waals surface area contributed by atoms with Crippen LogP contribution in [-0.2, 0) is 6.42 Å². The van der Waals surface area contributed by atoms with Gasteiger partial charge >= 0.3 is 0 Å². The van der Waals surface area contributed by atoms with E-state index in [0.29, 0.717) is 5.75 Å². The molecule has 90 valence electrons. The van der Waals surface area contributed by atoms with Gasteiger partial charge in [-0.1, -0.05) is 18.2 Å². The van der Waals surface area contributed by atoms with Crippen LogP contribution in [0.3, 0.4) is 0 Å². The highest BCUT2D eigenvalue weighted by Gasteiger charge is 2.05. The molecule has 0 saturated carbocycles. The van der Waals surface area contributed by atoms with Crippen molar-refractivity contribution in [2.24, 2.45) is 0 Å². The number of rotatable bonds is 2. The van der Waals surface area contributed by atoms with E-state index in [4.69, 9.17) is 0 Å². The van der Waals surface area contributed by atoms with Gasteiger partial charge in [-0.25, -0.2) is 4.98 Å². The van der Waals surface area contributed by atoms with Crippen molar-refractivity contribution in [3.8, 4) is 5.75 Å². The van der Waals surface area contributed by atoms with Crippen LogP contribution in [0, 0.1) is 6.92 Å². The number of phenols is 1. The van der Waals surface area contributed by atoms with Gasteiger partial charge in [-0.05, 0) is 36.2 Å². The zero-order valence-electron chi connectivity index (χ0n) is 10.2. The SMILES string of the molecule is Cc1cccn2c(Cc3ccc(O)cc3)ncc12. The number of hydrogen-bond donors (Lipinski definition) is 1. The summed E-state index contributed by atoms with van der Waals surface area (Å²) < 4.78 is 2.11. The molecule has 0 amide bonds. The number of imidazole rings is 1. The van der Waals surface area contributed by atoms with Crippen LogP contribution >= 0.6 is 0 Å². The number of aryl methyl sites for hydroxylation is 1. The molecule has 2 aromatic heterocycles. The van der Waals surface area contributed by atoms with Crippen LogP contribution in [0.1, 0.15) is 17.0 Å². The second kappa shape index (κ2) is 4.18. The van der Waals surface area contributed by atoms with Gasteiger partial charge in [0.2, 0.25) is 0 Å². The van der Waals surface area contributed by atoms with Gasteiger partial charge in [0.25, 0.3) is 0 Å². The van der Waals surface area contributed by atoms with Crippen molar-refractivity contribution in [1.29, 1.82) is 0 Å². The first-order valence-electron chi connectivity index (χ1n) is 5.93. The molecule has 0 atom stereocenters. The van der Waals surface area contributed by atoms with Crippen LogP contribution in [0.4, 0.5) is 0 Å². The first-order valence-corrected chi connectivity index (χ1v) is 5.93. The Morgan fingerprint density at radius 1 is 1.17 bits per heavy atom. The lowest BCUT2D eigenvalue weighted by molar-refractivity contribution is 0.475. The van der Waals surface area contributed by atoms with E-state index in [1.165, 1.54) is 5.56 Å². The van der Waals surface area contributed by atoms with Crippen LogP contribution in [0.2, 0.25) is 0 Å². The first-order chi connectivity index (χ1) is 8.74. The summed E-state index contributed by atoms with van der Waals surface area (Å²) in [6.07, 6.45) is 4.70. The third-order valence-electron chi connectivity index (χ3n) is 3.16. The lowest BCUT2D eigenvalue weighted by Crippen LogP contribution is -1.96. The van der Waals surface area contributed by atoms with E-state index in [0.717, 1.165) is 23.3 Å². The number of fused-ring (bicyclic) bond motifs is 1. The molecule has 3 aromatic rings. The molecular weight excluding hydrogens is 224 g/mol. The third kappa shape index (κ3) is 1.84. The van der Waals surface area contributed by atoms with Gasteiger partial charge in [-0.3, -0.25) is 0 Å². The fourth-order valence-corrected chi connectivity index (χ4v) is 2.14. The molecule has 0 spiro atoms. The molecule has 1 N–H and O–H groups in total. The van der Waals surface area contributed by atoms with Crippen molar-refractivity contribution in [3.05, 3.63) is 65.7 Å². The summed E-state index contributed by atoms with van der Waals surface area (Å²) in [5.41, 5.74) is 3.51. The smallest absolute Gasteiger partial charge is 0.117 e. The Morgan fingerprint density at radius 3 is 2.72 bits per heavy atom. The van der Waals surface area contributed by atoms with Gasteiger partial charge in [0.15, 0.2) is 0 Å². The third-order valence-corrected chi connectivity index (χ3v) is 3.16. The predicted octanol–water partition coefficient (Wildman–Crippen LogP) is 2.94. The van der Waals surface area contributed by atoms with Crippen molar-refractivity contribution in [2.45, 2.75) is 13.3 Å². The standard InChI is InChI=1S/C15H14N2O/c1-11-3-2-8-17-14(11)10-16-15(17)9-12-4-6-13(18)7-5-12/h2-8,10,18H,9H2,1H3. The topological polar surface area (TPSA) is 37.5 Å². The molecule has 0 saturated heterocycles. The summed E-state index contributed by atoms with van der Waals surface area (Å²) in [6.45, 7) is 2.08. The van der Waals surface area contributed by atoms with Crippen molar-refractivity contribution in [2.75, 3.05) is 0 Å². The number of aromatic nitrogens is 2. The summed E-state index contributed by atoms with van der Waals surface area (Å²) in [4.78, 5) is 4.47. The lowest BCUT2D eigenvalue weighted by Gasteiger charge is -2.03. The van der Waals surface area contributed by atoms with Crippen molar-refractivity contribution < 1.29 is 5.11 Å². The van der Waals surface area contributed by atoms with E-state index in [2.05, 4.69) is 22.4 Å². The zero-order chi connectivity index (χ0) is 12.5. The highest BCUT2D eigenvalue weighted by atomic mass is 16.3. The lowest BCUT2D eigenvalue weighted by atomic mass is 10.1. The molecule has 1 aromatic carbocycles. The fourth-order valence-electron chi connectivity index (χ4n) is 2.14. The maximum absolute atomic E-state index is 9.27. The number of nitrogens with zero attached hydrogens (tertiary/aromatic N) is 2. The minimum atomic E-state index is 0.294. The minimum absolute atomic E-state index is 0.294. The molecular formula is C15H14N2O. The molecule has 0 aliphatic carbocycles. The van der Waals surface area contributed by atoms with Gasteiger partial charge in [0.1, 0.15) is 11.6 Å². The van der Waals surface area contributed by atoms with Crippen LogP contribution in [0.15, 0.2) is 48.8 Å². The van der Waals surface area contributed by atoms with Gasteiger partial charge in [0.05, 0.1) is 11.7 Å². The summed E-state index contributed by atoms with van der Waals surface area (Å²) in [7, 11) is 0. The molecule has 2 heterocycles. The first kappa shape index (κ1) is 10.8. The fraction of sp³-hybridized carbons (Fsp3) is 0.133.